The highest BCUT2D eigenvalue weighted by atomic mass is 16.5. The van der Waals surface area contributed by atoms with Gasteiger partial charge in [-0.15, -0.1) is 0 Å². The molecule has 1 saturated heterocycles. The number of likely N-dealkylation sites (N-methyl/N-ethyl adjacent to an activating group) is 2. The lowest BCUT2D eigenvalue weighted by Gasteiger charge is -2.36. The monoisotopic (exact) mass is 262 g/mol. The van der Waals surface area contributed by atoms with Crippen LogP contribution in [0.1, 0.15) is 29.7 Å². The average Bonchev–Trinajstić information content (AvgIpc) is 2.34. The zero-order chi connectivity index (χ0) is 13.8. The Balaban J connectivity index is 2.22. The van der Waals surface area contributed by atoms with E-state index in [0.717, 1.165) is 26.2 Å². The van der Waals surface area contributed by atoms with Crippen LogP contribution in [-0.2, 0) is 4.74 Å². The molecule has 2 atom stereocenters. The van der Waals surface area contributed by atoms with E-state index in [2.05, 4.69) is 56.2 Å². The van der Waals surface area contributed by atoms with Gasteiger partial charge in [-0.2, -0.15) is 0 Å². The maximum atomic E-state index is 5.99. The highest BCUT2D eigenvalue weighted by molar-refractivity contribution is 5.31. The van der Waals surface area contributed by atoms with Gasteiger partial charge in [0, 0.05) is 13.1 Å². The first kappa shape index (κ1) is 14.5. The molecule has 1 aliphatic rings. The number of morpholine rings is 1. The summed E-state index contributed by atoms with van der Waals surface area (Å²) in [6.45, 7) is 10.3. The summed E-state index contributed by atoms with van der Waals surface area (Å²) in [5, 5.41) is 3.59. The summed E-state index contributed by atoms with van der Waals surface area (Å²) < 4.78 is 5.99. The second-order valence-electron chi connectivity index (χ2n) is 5.63. The summed E-state index contributed by atoms with van der Waals surface area (Å²) in [7, 11) is 2.17. The lowest BCUT2D eigenvalue weighted by molar-refractivity contribution is -0.0390. The normalized spacial score (nSPS) is 22.4. The second-order valence-corrected chi connectivity index (χ2v) is 5.63. The number of nitrogens with one attached hydrogen (secondary N) is 1. The van der Waals surface area contributed by atoms with Gasteiger partial charge in [0.2, 0.25) is 0 Å². The number of hydrogen-bond donors (Lipinski definition) is 1. The van der Waals surface area contributed by atoms with Gasteiger partial charge in [-0.3, -0.25) is 0 Å². The molecule has 0 spiro atoms. The summed E-state index contributed by atoms with van der Waals surface area (Å²) in [6.07, 6.45) is 0.236. The highest BCUT2D eigenvalue weighted by Crippen LogP contribution is 2.24. The molecule has 1 heterocycles. The van der Waals surface area contributed by atoms with Crippen molar-refractivity contribution in [3.63, 3.8) is 0 Å². The van der Waals surface area contributed by atoms with Crippen molar-refractivity contribution in [2.75, 3.05) is 33.3 Å². The van der Waals surface area contributed by atoms with E-state index in [1.54, 1.807) is 0 Å². The Bertz CT molecular complexity index is 399. The van der Waals surface area contributed by atoms with Crippen molar-refractivity contribution in [2.24, 2.45) is 0 Å². The molecule has 2 unspecified atom stereocenters. The van der Waals surface area contributed by atoms with Gasteiger partial charge in [-0.25, -0.2) is 0 Å². The first-order valence-corrected chi connectivity index (χ1v) is 7.22. The van der Waals surface area contributed by atoms with Crippen LogP contribution in [0.15, 0.2) is 18.2 Å². The Kier molecular flexibility index (Phi) is 4.97. The fourth-order valence-electron chi connectivity index (χ4n) is 2.89. The number of nitrogens with zero attached hydrogens (tertiary/aromatic N) is 1. The van der Waals surface area contributed by atoms with E-state index in [9.17, 15) is 0 Å². The maximum absolute atomic E-state index is 5.99. The molecule has 1 fully saturated rings. The molecule has 1 aliphatic heterocycles. The molecule has 0 aliphatic carbocycles. The quantitative estimate of drug-likeness (QED) is 0.901. The molecule has 0 aromatic heterocycles. The zero-order valence-corrected chi connectivity index (χ0v) is 12.6. The Morgan fingerprint density at radius 2 is 2.00 bits per heavy atom. The number of ether oxygens (including phenoxy) is 1. The van der Waals surface area contributed by atoms with Crippen LogP contribution in [0.3, 0.4) is 0 Å². The second kappa shape index (κ2) is 6.51. The molecule has 106 valence electrons. The van der Waals surface area contributed by atoms with Crippen molar-refractivity contribution in [2.45, 2.75) is 32.9 Å². The molecule has 0 bridgehead atoms. The van der Waals surface area contributed by atoms with Crippen LogP contribution in [0, 0.1) is 13.8 Å². The molecule has 1 aromatic carbocycles. The van der Waals surface area contributed by atoms with Gasteiger partial charge in [-0.05, 0) is 33.0 Å². The fraction of sp³-hybridized carbons (Fsp3) is 0.625. The minimum Gasteiger partial charge on any atom is -0.374 e. The number of aryl methyl sites for hydroxylation is 2. The van der Waals surface area contributed by atoms with Crippen LogP contribution < -0.4 is 5.32 Å². The van der Waals surface area contributed by atoms with Crippen molar-refractivity contribution in [3.05, 3.63) is 34.9 Å². The van der Waals surface area contributed by atoms with E-state index in [1.807, 2.05) is 0 Å². The van der Waals surface area contributed by atoms with Gasteiger partial charge in [0.05, 0.1) is 18.8 Å². The van der Waals surface area contributed by atoms with Gasteiger partial charge >= 0.3 is 0 Å². The lowest BCUT2D eigenvalue weighted by Crippen LogP contribution is -2.46. The molecule has 1 aromatic rings. The van der Waals surface area contributed by atoms with Gasteiger partial charge in [0.25, 0.3) is 0 Å². The van der Waals surface area contributed by atoms with E-state index >= 15 is 0 Å². The largest absolute Gasteiger partial charge is 0.374 e. The van der Waals surface area contributed by atoms with Crippen molar-refractivity contribution in [1.82, 2.24) is 10.2 Å². The topological polar surface area (TPSA) is 24.5 Å². The maximum Gasteiger partial charge on any atom is 0.0896 e. The summed E-state index contributed by atoms with van der Waals surface area (Å²) in [4.78, 5) is 2.35. The van der Waals surface area contributed by atoms with Crippen molar-refractivity contribution in [1.29, 1.82) is 0 Å². The molecular formula is C16H26N2O. The number of benzene rings is 1. The molecular weight excluding hydrogens is 236 g/mol. The van der Waals surface area contributed by atoms with Gasteiger partial charge in [-0.1, -0.05) is 36.2 Å². The summed E-state index contributed by atoms with van der Waals surface area (Å²) in [6, 6.07) is 7.06. The first-order chi connectivity index (χ1) is 9.10. The molecule has 3 nitrogen and oxygen atoms in total. The molecule has 3 heteroatoms. The molecule has 1 N–H and O–H groups in total. The van der Waals surface area contributed by atoms with E-state index < -0.39 is 0 Å². The summed E-state index contributed by atoms with van der Waals surface area (Å²) >= 11 is 0. The van der Waals surface area contributed by atoms with E-state index in [0.29, 0.717) is 0 Å². The van der Waals surface area contributed by atoms with Gasteiger partial charge in [0.1, 0.15) is 0 Å². The number of hydrogen-bond acceptors (Lipinski definition) is 3. The van der Waals surface area contributed by atoms with Gasteiger partial charge in [0.15, 0.2) is 0 Å². The lowest BCUT2D eigenvalue weighted by atomic mass is 9.96. The van der Waals surface area contributed by atoms with Crippen molar-refractivity contribution >= 4 is 0 Å². The predicted molar refractivity (Wildman–Crippen MR) is 79.6 cm³/mol. The van der Waals surface area contributed by atoms with Crippen LogP contribution in [-0.4, -0.2) is 44.3 Å². The van der Waals surface area contributed by atoms with Gasteiger partial charge < -0.3 is 15.0 Å². The van der Waals surface area contributed by atoms with E-state index in [1.165, 1.54) is 16.7 Å². The van der Waals surface area contributed by atoms with Crippen molar-refractivity contribution < 1.29 is 4.74 Å². The van der Waals surface area contributed by atoms with Crippen LogP contribution in [0.25, 0.3) is 0 Å². The van der Waals surface area contributed by atoms with Crippen LogP contribution in [0.4, 0.5) is 0 Å². The molecule has 19 heavy (non-hydrogen) atoms. The third kappa shape index (κ3) is 3.78. The Morgan fingerprint density at radius 3 is 2.58 bits per heavy atom. The Morgan fingerprint density at radius 1 is 1.32 bits per heavy atom. The summed E-state index contributed by atoms with van der Waals surface area (Å²) in [5.74, 6) is 0. The standard InChI is InChI=1S/C16H26N2O/c1-5-17-16(15-11-18(4)6-7-19-15)14-9-12(2)8-13(3)10-14/h8-10,15-17H,5-7,11H2,1-4H3. The highest BCUT2D eigenvalue weighted by Gasteiger charge is 2.27. The molecule has 2 rings (SSSR count). The molecule has 0 saturated carbocycles. The summed E-state index contributed by atoms with van der Waals surface area (Å²) in [5.41, 5.74) is 3.99. The zero-order valence-electron chi connectivity index (χ0n) is 12.6. The first-order valence-electron chi connectivity index (χ1n) is 7.22. The van der Waals surface area contributed by atoms with Crippen LogP contribution in [0.2, 0.25) is 0 Å². The predicted octanol–water partition coefficient (Wildman–Crippen LogP) is 2.28. The Labute approximate surface area is 116 Å². The Hall–Kier alpha value is -0.900. The molecule has 0 radical (unpaired) electrons. The third-order valence-corrected chi connectivity index (χ3v) is 3.70. The molecule has 0 amide bonds. The smallest absolute Gasteiger partial charge is 0.0896 e. The number of rotatable bonds is 4. The average molecular weight is 262 g/mol. The van der Waals surface area contributed by atoms with E-state index in [-0.39, 0.29) is 12.1 Å². The SMILES string of the molecule is CCNC(c1cc(C)cc(C)c1)C1CN(C)CCO1. The minimum absolute atomic E-state index is 0.236. The third-order valence-electron chi connectivity index (χ3n) is 3.70. The minimum atomic E-state index is 0.236. The van der Waals surface area contributed by atoms with Crippen LogP contribution in [0.5, 0.6) is 0 Å². The van der Waals surface area contributed by atoms with Crippen LogP contribution >= 0.6 is 0 Å². The fourth-order valence-corrected chi connectivity index (χ4v) is 2.89. The van der Waals surface area contributed by atoms with E-state index in [4.69, 9.17) is 4.74 Å². The van der Waals surface area contributed by atoms with Crippen molar-refractivity contribution in [3.8, 4) is 0 Å².